The molecule has 2 rings (SSSR count). The Labute approximate surface area is 57.0 Å². The van der Waals surface area contributed by atoms with Gasteiger partial charge in [-0.1, -0.05) is 0 Å². The first-order valence-corrected chi connectivity index (χ1v) is 2.77. The smallest absolute Gasteiger partial charge is 0.182 e. The van der Waals surface area contributed by atoms with Crippen molar-refractivity contribution in [3.8, 4) is 0 Å². The normalized spacial score (nSPS) is 10.0. The second-order valence-corrected chi connectivity index (χ2v) is 1.74. The molecule has 0 N–H and O–H groups in total. The number of hydrogen-bond acceptors (Lipinski definition) is 4. The Morgan fingerprint density at radius 1 is 1.40 bits per heavy atom. The summed E-state index contributed by atoms with van der Waals surface area (Å²) in [7, 11) is 0. The molecule has 1 radical (unpaired) electrons. The lowest BCUT2D eigenvalue weighted by molar-refractivity contribution is 1.01. The summed E-state index contributed by atoms with van der Waals surface area (Å²) in [6.45, 7) is 0. The highest BCUT2D eigenvalue weighted by atomic mass is 15.1. The fourth-order valence-corrected chi connectivity index (χ4v) is 0.688. The van der Waals surface area contributed by atoms with Gasteiger partial charge < -0.3 is 0 Å². The van der Waals surface area contributed by atoms with E-state index in [0.29, 0.717) is 11.2 Å². The third kappa shape index (κ3) is 0.699. The lowest BCUT2D eigenvalue weighted by atomic mass is 10.4. The van der Waals surface area contributed by atoms with Crippen LogP contribution in [0.15, 0.2) is 18.5 Å². The molecule has 0 aliphatic heterocycles. The Morgan fingerprint density at radius 3 is 3.30 bits per heavy atom. The Bertz CT molecular complexity index is 281. The van der Waals surface area contributed by atoms with Gasteiger partial charge in [-0.2, -0.15) is 0 Å². The van der Waals surface area contributed by atoms with E-state index in [4.69, 9.17) is 0 Å². The standard InChI is InChI=1S/C6H3N4/c1-2-5-6(7-3-1)8-4-9-10-5/h1-2,4H. The molecule has 0 aliphatic carbocycles. The molecule has 0 aromatic carbocycles. The molecule has 4 heteroatoms. The number of aromatic nitrogens is 4. The summed E-state index contributed by atoms with van der Waals surface area (Å²) in [4.78, 5) is 7.71. The summed E-state index contributed by atoms with van der Waals surface area (Å²) in [5.74, 6) is 0. The first kappa shape index (κ1) is 5.22. The lowest BCUT2D eigenvalue weighted by Gasteiger charge is -1.87. The monoisotopic (exact) mass is 131 g/mol. The molecule has 0 atom stereocenters. The first-order chi connectivity index (χ1) is 4.97. The highest BCUT2D eigenvalue weighted by Gasteiger charge is 1.91. The maximum atomic E-state index is 3.87. The lowest BCUT2D eigenvalue weighted by Crippen LogP contribution is -1.87. The first-order valence-electron chi connectivity index (χ1n) is 2.77. The van der Waals surface area contributed by atoms with Gasteiger partial charge in [0.15, 0.2) is 5.65 Å². The molecule has 0 saturated carbocycles. The van der Waals surface area contributed by atoms with E-state index in [1.807, 2.05) is 0 Å². The van der Waals surface area contributed by atoms with Crippen LogP contribution in [-0.4, -0.2) is 20.2 Å². The molecule has 0 saturated heterocycles. The fraction of sp³-hybridized carbons (Fsp3) is 0. The van der Waals surface area contributed by atoms with Gasteiger partial charge in [0, 0.05) is 0 Å². The van der Waals surface area contributed by atoms with Gasteiger partial charge in [-0.05, 0) is 12.1 Å². The summed E-state index contributed by atoms with van der Waals surface area (Å²) >= 11 is 0. The SMILES string of the molecule is [c]1ccc2nncnc2n1. The van der Waals surface area contributed by atoms with Crippen molar-refractivity contribution in [3.05, 3.63) is 24.7 Å². The summed E-state index contributed by atoms with van der Waals surface area (Å²) in [6, 6.07) is 3.45. The zero-order valence-electron chi connectivity index (χ0n) is 5.02. The average molecular weight is 131 g/mol. The van der Waals surface area contributed by atoms with Crippen molar-refractivity contribution in [1.29, 1.82) is 0 Å². The molecule has 0 bridgehead atoms. The van der Waals surface area contributed by atoms with Crippen molar-refractivity contribution < 1.29 is 0 Å². The summed E-state index contributed by atoms with van der Waals surface area (Å²) in [5, 5.41) is 7.38. The number of fused-ring (bicyclic) bond motifs is 1. The van der Waals surface area contributed by atoms with E-state index in [-0.39, 0.29) is 0 Å². The molecule has 4 nitrogen and oxygen atoms in total. The second-order valence-electron chi connectivity index (χ2n) is 1.74. The predicted molar refractivity (Wildman–Crippen MR) is 34.0 cm³/mol. The molecule has 2 heterocycles. The minimum absolute atomic E-state index is 0.581. The number of hydrogen-bond donors (Lipinski definition) is 0. The van der Waals surface area contributed by atoms with E-state index in [1.165, 1.54) is 6.33 Å². The van der Waals surface area contributed by atoms with Crippen molar-refractivity contribution in [2.45, 2.75) is 0 Å². The van der Waals surface area contributed by atoms with Crippen LogP contribution in [0, 0.1) is 6.20 Å². The quantitative estimate of drug-likeness (QED) is 0.513. The molecule has 0 aliphatic rings. The van der Waals surface area contributed by atoms with Crippen LogP contribution >= 0.6 is 0 Å². The molecule has 0 amide bonds. The summed E-state index contributed by atoms with van der Waals surface area (Å²) in [6.07, 6.45) is 4.02. The molecule has 0 fully saturated rings. The second kappa shape index (κ2) is 1.98. The minimum Gasteiger partial charge on any atom is -0.225 e. The van der Waals surface area contributed by atoms with Gasteiger partial charge in [-0.3, -0.25) is 0 Å². The van der Waals surface area contributed by atoms with Crippen LogP contribution in [0.5, 0.6) is 0 Å². The third-order valence-corrected chi connectivity index (χ3v) is 1.11. The van der Waals surface area contributed by atoms with E-state index >= 15 is 0 Å². The molecular formula is C6H3N4. The van der Waals surface area contributed by atoms with E-state index < -0.39 is 0 Å². The largest absolute Gasteiger partial charge is 0.225 e. The maximum absolute atomic E-state index is 3.87. The molecule has 2 aromatic heterocycles. The van der Waals surface area contributed by atoms with Crippen molar-refractivity contribution >= 4 is 11.2 Å². The van der Waals surface area contributed by atoms with Crippen molar-refractivity contribution in [1.82, 2.24) is 20.2 Å². The molecule has 0 spiro atoms. The van der Waals surface area contributed by atoms with Gasteiger partial charge >= 0.3 is 0 Å². The average Bonchev–Trinajstić information content (AvgIpc) is 2.05. The number of rotatable bonds is 0. The van der Waals surface area contributed by atoms with Crippen LogP contribution in [-0.2, 0) is 0 Å². The van der Waals surface area contributed by atoms with Crippen LogP contribution < -0.4 is 0 Å². The number of nitrogens with zero attached hydrogens (tertiary/aromatic N) is 4. The van der Waals surface area contributed by atoms with Gasteiger partial charge in [0.2, 0.25) is 0 Å². The molecule has 47 valence electrons. The summed E-state index contributed by atoms with van der Waals surface area (Å²) in [5.41, 5.74) is 1.28. The molecular weight excluding hydrogens is 128 g/mol. The van der Waals surface area contributed by atoms with E-state index in [0.717, 1.165) is 0 Å². The van der Waals surface area contributed by atoms with Crippen LogP contribution in [0.1, 0.15) is 0 Å². The topological polar surface area (TPSA) is 51.6 Å². The van der Waals surface area contributed by atoms with Crippen molar-refractivity contribution in [2.24, 2.45) is 0 Å². The van der Waals surface area contributed by atoms with Crippen LogP contribution in [0.2, 0.25) is 0 Å². The zero-order chi connectivity index (χ0) is 6.81. The summed E-state index contributed by atoms with van der Waals surface area (Å²) < 4.78 is 0. The Morgan fingerprint density at radius 2 is 2.40 bits per heavy atom. The Hall–Kier alpha value is -1.58. The molecule has 0 unspecified atom stereocenters. The maximum Gasteiger partial charge on any atom is 0.182 e. The highest BCUT2D eigenvalue weighted by molar-refractivity contribution is 5.67. The zero-order valence-corrected chi connectivity index (χ0v) is 5.02. The van der Waals surface area contributed by atoms with Crippen LogP contribution in [0.25, 0.3) is 11.2 Å². The van der Waals surface area contributed by atoms with Crippen molar-refractivity contribution in [2.75, 3.05) is 0 Å². The molecule has 10 heavy (non-hydrogen) atoms. The van der Waals surface area contributed by atoms with Gasteiger partial charge in [-0.25, -0.2) is 9.97 Å². The van der Waals surface area contributed by atoms with E-state index in [9.17, 15) is 0 Å². The van der Waals surface area contributed by atoms with Crippen molar-refractivity contribution in [3.63, 3.8) is 0 Å². The van der Waals surface area contributed by atoms with Gasteiger partial charge in [-0.15, -0.1) is 10.2 Å². The van der Waals surface area contributed by atoms with Crippen LogP contribution in [0.4, 0.5) is 0 Å². The third-order valence-electron chi connectivity index (χ3n) is 1.11. The Kier molecular flexibility index (Phi) is 1.04. The van der Waals surface area contributed by atoms with Gasteiger partial charge in [0.05, 0.1) is 6.20 Å². The van der Waals surface area contributed by atoms with E-state index in [2.05, 4.69) is 26.4 Å². The fourth-order valence-electron chi connectivity index (χ4n) is 0.688. The minimum atomic E-state index is 0.581. The highest BCUT2D eigenvalue weighted by Crippen LogP contribution is 1.98. The predicted octanol–water partition coefficient (Wildman–Crippen LogP) is 0.220. The van der Waals surface area contributed by atoms with Gasteiger partial charge in [0.1, 0.15) is 11.8 Å². The van der Waals surface area contributed by atoms with Crippen LogP contribution in [0.3, 0.4) is 0 Å². The Balaban J connectivity index is 2.89. The van der Waals surface area contributed by atoms with E-state index in [1.54, 1.807) is 12.1 Å². The molecule has 2 aromatic rings. The van der Waals surface area contributed by atoms with Gasteiger partial charge in [0.25, 0.3) is 0 Å². The number of pyridine rings is 1.